The SMILES string of the molecule is CCc1cc(C(N)c2csc(C)c2)n(CC)n1. The van der Waals surface area contributed by atoms with E-state index in [9.17, 15) is 0 Å². The molecule has 4 heteroatoms. The molecule has 2 heterocycles. The summed E-state index contributed by atoms with van der Waals surface area (Å²) in [4.78, 5) is 1.30. The van der Waals surface area contributed by atoms with Gasteiger partial charge in [-0.05, 0) is 43.3 Å². The van der Waals surface area contributed by atoms with Crippen LogP contribution in [0.1, 0.15) is 41.7 Å². The molecule has 0 aromatic carbocycles. The van der Waals surface area contributed by atoms with Gasteiger partial charge in [0.05, 0.1) is 17.4 Å². The van der Waals surface area contributed by atoms with Crippen molar-refractivity contribution in [3.8, 4) is 0 Å². The van der Waals surface area contributed by atoms with E-state index in [1.165, 1.54) is 10.4 Å². The third-order valence-corrected chi connectivity index (χ3v) is 3.83. The number of aryl methyl sites for hydroxylation is 3. The van der Waals surface area contributed by atoms with Crippen LogP contribution in [0, 0.1) is 6.92 Å². The number of rotatable bonds is 4. The first-order valence-corrected chi connectivity index (χ1v) is 6.90. The number of hydrogen-bond donors (Lipinski definition) is 1. The first-order chi connectivity index (χ1) is 8.15. The third kappa shape index (κ3) is 2.42. The van der Waals surface area contributed by atoms with Crippen molar-refractivity contribution >= 4 is 11.3 Å². The quantitative estimate of drug-likeness (QED) is 0.905. The van der Waals surface area contributed by atoms with E-state index < -0.39 is 0 Å². The van der Waals surface area contributed by atoms with Gasteiger partial charge in [-0.3, -0.25) is 4.68 Å². The molecule has 0 saturated heterocycles. The largest absolute Gasteiger partial charge is 0.319 e. The van der Waals surface area contributed by atoms with Gasteiger partial charge in [0.15, 0.2) is 0 Å². The molecule has 17 heavy (non-hydrogen) atoms. The molecule has 3 nitrogen and oxygen atoms in total. The van der Waals surface area contributed by atoms with Gasteiger partial charge in [0.1, 0.15) is 0 Å². The zero-order chi connectivity index (χ0) is 12.4. The molecule has 0 aliphatic heterocycles. The fourth-order valence-corrected chi connectivity index (χ4v) is 2.70. The van der Waals surface area contributed by atoms with Crippen molar-refractivity contribution in [3.63, 3.8) is 0 Å². The first-order valence-electron chi connectivity index (χ1n) is 6.03. The standard InChI is InChI=1S/C13H19N3S/c1-4-11-7-12(16(5-2)15-11)13(14)10-6-9(3)17-8-10/h6-8,13H,4-5,14H2,1-3H3. The second-order valence-corrected chi connectivity index (χ2v) is 5.31. The Balaban J connectivity index is 2.35. The van der Waals surface area contributed by atoms with Crippen molar-refractivity contribution in [3.05, 3.63) is 39.3 Å². The normalized spacial score (nSPS) is 12.9. The molecule has 2 N–H and O–H groups in total. The molecule has 0 aliphatic rings. The first kappa shape index (κ1) is 12.3. The second-order valence-electron chi connectivity index (χ2n) is 4.20. The number of aromatic nitrogens is 2. The summed E-state index contributed by atoms with van der Waals surface area (Å²) in [6, 6.07) is 4.22. The average molecular weight is 249 g/mol. The zero-order valence-corrected chi connectivity index (χ0v) is 11.4. The van der Waals surface area contributed by atoms with E-state index in [4.69, 9.17) is 5.73 Å². The predicted octanol–water partition coefficient (Wildman–Crippen LogP) is 2.88. The van der Waals surface area contributed by atoms with Crippen LogP contribution >= 0.6 is 11.3 Å². The highest BCUT2D eigenvalue weighted by Crippen LogP contribution is 2.25. The van der Waals surface area contributed by atoms with Gasteiger partial charge in [-0.15, -0.1) is 11.3 Å². The molecular formula is C13H19N3S. The minimum atomic E-state index is -0.0623. The van der Waals surface area contributed by atoms with Crippen molar-refractivity contribution in [1.82, 2.24) is 9.78 Å². The molecule has 0 amide bonds. The number of nitrogens with two attached hydrogens (primary N) is 1. The van der Waals surface area contributed by atoms with Crippen molar-refractivity contribution < 1.29 is 0 Å². The van der Waals surface area contributed by atoms with Gasteiger partial charge >= 0.3 is 0 Å². The van der Waals surface area contributed by atoms with E-state index in [-0.39, 0.29) is 6.04 Å². The number of thiophene rings is 1. The van der Waals surface area contributed by atoms with Gasteiger partial charge in [0.25, 0.3) is 0 Å². The van der Waals surface area contributed by atoms with Crippen LogP contribution in [-0.2, 0) is 13.0 Å². The van der Waals surface area contributed by atoms with Gasteiger partial charge < -0.3 is 5.73 Å². The Morgan fingerprint density at radius 3 is 2.71 bits per heavy atom. The van der Waals surface area contributed by atoms with Crippen molar-refractivity contribution in [2.45, 2.75) is 39.8 Å². The molecular weight excluding hydrogens is 230 g/mol. The minimum Gasteiger partial charge on any atom is -0.319 e. The third-order valence-electron chi connectivity index (χ3n) is 2.95. The topological polar surface area (TPSA) is 43.8 Å². The van der Waals surface area contributed by atoms with Gasteiger partial charge in [0.2, 0.25) is 0 Å². The molecule has 1 atom stereocenters. The lowest BCUT2D eigenvalue weighted by Gasteiger charge is -2.11. The van der Waals surface area contributed by atoms with E-state index in [2.05, 4.69) is 43.4 Å². The molecule has 0 aliphatic carbocycles. The van der Waals surface area contributed by atoms with Crippen LogP contribution in [0.3, 0.4) is 0 Å². The van der Waals surface area contributed by atoms with Crippen LogP contribution in [0.15, 0.2) is 17.5 Å². The van der Waals surface area contributed by atoms with Crippen molar-refractivity contribution in [1.29, 1.82) is 0 Å². The summed E-state index contributed by atoms with van der Waals surface area (Å²) >= 11 is 1.74. The highest BCUT2D eigenvalue weighted by molar-refractivity contribution is 7.10. The summed E-state index contributed by atoms with van der Waals surface area (Å²) < 4.78 is 2.01. The molecule has 0 spiro atoms. The minimum absolute atomic E-state index is 0.0623. The van der Waals surface area contributed by atoms with Crippen LogP contribution in [0.5, 0.6) is 0 Å². The maximum Gasteiger partial charge on any atom is 0.0731 e. The summed E-state index contributed by atoms with van der Waals surface area (Å²) in [7, 11) is 0. The Kier molecular flexibility index (Phi) is 3.64. The Morgan fingerprint density at radius 2 is 2.18 bits per heavy atom. The number of hydrogen-bond acceptors (Lipinski definition) is 3. The zero-order valence-electron chi connectivity index (χ0n) is 10.6. The summed E-state index contributed by atoms with van der Waals surface area (Å²) in [5.41, 5.74) is 9.73. The summed E-state index contributed by atoms with van der Waals surface area (Å²) in [6.07, 6.45) is 0.954. The van der Waals surface area contributed by atoms with E-state index in [1.807, 2.05) is 4.68 Å². The van der Waals surface area contributed by atoms with Gasteiger partial charge in [-0.1, -0.05) is 6.92 Å². The fraction of sp³-hybridized carbons (Fsp3) is 0.462. The molecule has 2 aromatic heterocycles. The maximum atomic E-state index is 6.32. The lowest BCUT2D eigenvalue weighted by atomic mass is 10.1. The van der Waals surface area contributed by atoms with E-state index in [0.29, 0.717) is 0 Å². The van der Waals surface area contributed by atoms with Gasteiger partial charge in [-0.2, -0.15) is 5.10 Å². The molecule has 2 rings (SSSR count). The van der Waals surface area contributed by atoms with E-state index >= 15 is 0 Å². The van der Waals surface area contributed by atoms with Crippen LogP contribution in [0.2, 0.25) is 0 Å². The van der Waals surface area contributed by atoms with Gasteiger partial charge in [0, 0.05) is 11.4 Å². The Bertz CT molecular complexity index is 498. The summed E-state index contributed by atoms with van der Waals surface area (Å²) in [5.74, 6) is 0. The monoisotopic (exact) mass is 249 g/mol. The summed E-state index contributed by atoms with van der Waals surface area (Å²) in [5, 5.41) is 6.68. The Morgan fingerprint density at radius 1 is 1.41 bits per heavy atom. The lowest BCUT2D eigenvalue weighted by molar-refractivity contribution is 0.595. The van der Waals surface area contributed by atoms with E-state index in [0.717, 1.165) is 24.4 Å². The molecule has 0 fully saturated rings. The van der Waals surface area contributed by atoms with E-state index in [1.54, 1.807) is 11.3 Å². The Hall–Kier alpha value is -1.13. The summed E-state index contributed by atoms with van der Waals surface area (Å²) in [6.45, 7) is 7.19. The Labute approximate surface area is 106 Å². The van der Waals surface area contributed by atoms with Gasteiger partial charge in [-0.25, -0.2) is 0 Å². The molecule has 0 saturated carbocycles. The molecule has 2 aromatic rings. The predicted molar refractivity (Wildman–Crippen MR) is 72.4 cm³/mol. The highest BCUT2D eigenvalue weighted by Gasteiger charge is 2.16. The molecule has 0 radical (unpaired) electrons. The number of nitrogens with zero attached hydrogens (tertiary/aromatic N) is 2. The maximum absolute atomic E-state index is 6.32. The fourth-order valence-electron chi connectivity index (χ4n) is 1.96. The smallest absolute Gasteiger partial charge is 0.0731 e. The lowest BCUT2D eigenvalue weighted by Crippen LogP contribution is -2.16. The van der Waals surface area contributed by atoms with Crippen molar-refractivity contribution in [2.24, 2.45) is 5.73 Å². The second kappa shape index (κ2) is 5.02. The molecule has 92 valence electrons. The average Bonchev–Trinajstić information content (AvgIpc) is 2.93. The van der Waals surface area contributed by atoms with Crippen molar-refractivity contribution in [2.75, 3.05) is 0 Å². The van der Waals surface area contributed by atoms with Crippen LogP contribution in [-0.4, -0.2) is 9.78 Å². The van der Waals surface area contributed by atoms with Crippen LogP contribution in [0.25, 0.3) is 0 Å². The molecule has 1 unspecified atom stereocenters. The molecule has 0 bridgehead atoms. The van der Waals surface area contributed by atoms with Crippen LogP contribution < -0.4 is 5.73 Å². The highest BCUT2D eigenvalue weighted by atomic mass is 32.1. The van der Waals surface area contributed by atoms with Crippen LogP contribution in [0.4, 0.5) is 0 Å².